The number of ether oxygens (including phenoxy) is 2. The molecule has 0 spiro atoms. The maximum atomic E-state index is 15.6. The predicted molar refractivity (Wildman–Crippen MR) is 155 cm³/mol. The van der Waals surface area contributed by atoms with Crippen LogP contribution in [0.4, 0.5) is 8.78 Å². The van der Waals surface area contributed by atoms with E-state index in [1.165, 1.54) is 25.1 Å². The summed E-state index contributed by atoms with van der Waals surface area (Å²) in [4.78, 5) is 38.2. The lowest BCUT2D eigenvalue weighted by Gasteiger charge is -2.25. The van der Waals surface area contributed by atoms with Crippen LogP contribution in [-0.4, -0.2) is 57.3 Å². The van der Waals surface area contributed by atoms with Gasteiger partial charge in [-0.05, 0) is 75.6 Å². The highest BCUT2D eigenvalue weighted by Crippen LogP contribution is 2.47. The molecule has 1 saturated heterocycles. The smallest absolute Gasteiger partial charge is 0.459 e. The third-order valence-corrected chi connectivity index (χ3v) is 8.50. The summed E-state index contributed by atoms with van der Waals surface area (Å²) in [6, 6.07) is 10.7. The number of aryl methyl sites for hydroxylation is 1. The van der Waals surface area contributed by atoms with Gasteiger partial charge in [-0.2, -0.15) is 5.09 Å². The number of hydrogen-bond acceptors (Lipinski definition) is 9. The molecular formula is C29H34F2N3O9P. The number of nitrogens with zero attached hydrogens (tertiary/aromatic N) is 1. The van der Waals surface area contributed by atoms with Gasteiger partial charge in [0.25, 0.3) is 5.56 Å². The Bertz CT molecular complexity index is 1660. The van der Waals surface area contributed by atoms with Gasteiger partial charge in [0.05, 0.1) is 12.7 Å². The van der Waals surface area contributed by atoms with E-state index < -0.39 is 67.8 Å². The number of aliphatic hydroxyl groups excluding tert-OH is 1. The molecule has 0 bridgehead atoms. The molecule has 0 amide bonds. The number of benzene rings is 2. The number of H-pyrrole nitrogens is 1. The summed E-state index contributed by atoms with van der Waals surface area (Å²) >= 11 is 0. The summed E-state index contributed by atoms with van der Waals surface area (Å²) in [5.74, 6) is -1.03. The van der Waals surface area contributed by atoms with Gasteiger partial charge in [0.1, 0.15) is 29.8 Å². The topological polar surface area (TPSA) is 158 Å². The monoisotopic (exact) mass is 637 g/mol. The molecule has 4 rings (SSSR count). The van der Waals surface area contributed by atoms with E-state index in [9.17, 15) is 28.4 Å². The first-order valence-corrected chi connectivity index (χ1v) is 15.3. The Morgan fingerprint density at radius 3 is 2.43 bits per heavy atom. The molecule has 3 N–H and O–H groups in total. The Balaban J connectivity index is 1.55. The van der Waals surface area contributed by atoms with E-state index in [1.54, 1.807) is 45.0 Å². The number of halogens is 2. The zero-order valence-corrected chi connectivity index (χ0v) is 25.5. The lowest BCUT2D eigenvalue weighted by Crippen LogP contribution is -2.43. The Hall–Kier alpha value is -3.68. The zero-order valence-electron chi connectivity index (χ0n) is 24.7. The second-order valence-electron chi connectivity index (χ2n) is 10.8. The molecule has 2 heterocycles. The van der Waals surface area contributed by atoms with E-state index in [4.69, 9.17) is 18.5 Å². The Labute approximate surface area is 251 Å². The molecule has 1 aromatic heterocycles. The fourth-order valence-electron chi connectivity index (χ4n) is 4.52. The minimum atomic E-state index is -4.45. The van der Waals surface area contributed by atoms with Crippen LogP contribution in [0.3, 0.4) is 0 Å². The van der Waals surface area contributed by atoms with E-state index in [1.807, 2.05) is 4.98 Å². The highest BCUT2D eigenvalue weighted by molar-refractivity contribution is 7.52. The first kappa shape index (κ1) is 33.2. The van der Waals surface area contributed by atoms with Crippen LogP contribution in [0, 0.1) is 12.7 Å². The van der Waals surface area contributed by atoms with E-state index in [2.05, 4.69) is 5.09 Å². The molecule has 0 aliphatic carbocycles. The summed E-state index contributed by atoms with van der Waals surface area (Å²) in [5, 5.41) is 13.2. The van der Waals surface area contributed by atoms with Crippen molar-refractivity contribution >= 4 is 13.7 Å². The van der Waals surface area contributed by atoms with Crippen LogP contribution >= 0.6 is 7.75 Å². The number of carbonyl (C=O) groups is 1. The number of esters is 1. The van der Waals surface area contributed by atoms with Gasteiger partial charge in [0.2, 0.25) is 0 Å². The molecule has 1 aliphatic rings. The highest BCUT2D eigenvalue weighted by Gasteiger charge is 2.56. The number of alkyl halides is 1. The number of carbonyl (C=O) groups excluding carboxylic acids is 1. The third-order valence-electron chi connectivity index (χ3n) is 6.86. The number of rotatable bonds is 11. The molecule has 12 nitrogen and oxygen atoms in total. The van der Waals surface area contributed by atoms with Crippen molar-refractivity contribution in [3.05, 3.63) is 86.9 Å². The number of hydrogen-bond donors (Lipinski definition) is 3. The number of nitrogens with one attached hydrogen (secondary N) is 2. The van der Waals surface area contributed by atoms with Crippen molar-refractivity contribution in [2.75, 3.05) is 6.61 Å². The number of aromatic nitrogens is 2. The Kier molecular flexibility index (Phi) is 9.91. The molecule has 44 heavy (non-hydrogen) atoms. The standard InChI is InChI=1S/C29H34F2N3O9P/c1-16(2)41-26(37)18(4)33-44(39,43-21-9-6-19(7-10-21)20-8-11-22(30)17(3)14-20)40-15-23-25(36)29(5,31)27(42-23)34-13-12-24(35)32-28(34)38/h6-14,16,18,23,25,27,36H,15H2,1-5H3,(H,33,39)(H,32,35,38)/t18-,23+,25+,27+,29+,44?/m0/s1. The van der Waals surface area contributed by atoms with Crippen LogP contribution in [0.15, 0.2) is 64.3 Å². The quantitative estimate of drug-likeness (QED) is 0.209. The van der Waals surface area contributed by atoms with Crippen molar-refractivity contribution in [2.45, 2.75) is 70.9 Å². The van der Waals surface area contributed by atoms with Crippen LogP contribution in [0.1, 0.15) is 39.5 Å². The molecule has 1 unspecified atom stereocenters. The fraction of sp³-hybridized carbons (Fsp3) is 0.414. The summed E-state index contributed by atoms with van der Waals surface area (Å²) < 4.78 is 66.1. The molecular weight excluding hydrogens is 603 g/mol. The SMILES string of the molecule is Cc1cc(-c2ccc(OP(=O)(N[C@@H](C)C(=O)OC(C)C)OC[C@H]3O[C@@H](n4ccc(=O)[nH]c4=O)[C@](C)(F)[C@@H]3O)cc2)ccc1F. The van der Waals surface area contributed by atoms with Gasteiger partial charge >= 0.3 is 19.4 Å². The van der Waals surface area contributed by atoms with Crippen LogP contribution in [0.25, 0.3) is 11.1 Å². The lowest BCUT2D eigenvalue weighted by molar-refractivity contribution is -0.149. The Morgan fingerprint density at radius 2 is 1.82 bits per heavy atom. The molecule has 238 valence electrons. The molecule has 6 atom stereocenters. The average Bonchev–Trinajstić information content (AvgIpc) is 3.17. The molecule has 1 aliphatic heterocycles. The lowest BCUT2D eigenvalue weighted by atomic mass is 9.98. The average molecular weight is 638 g/mol. The number of aromatic amines is 1. The second kappa shape index (κ2) is 13.1. The maximum Gasteiger partial charge on any atom is 0.459 e. The van der Waals surface area contributed by atoms with Crippen molar-refractivity contribution in [1.82, 2.24) is 14.6 Å². The van der Waals surface area contributed by atoms with E-state index in [0.29, 0.717) is 11.1 Å². The summed E-state index contributed by atoms with van der Waals surface area (Å²) in [7, 11) is -4.45. The van der Waals surface area contributed by atoms with Gasteiger partial charge < -0.3 is 19.1 Å². The first-order chi connectivity index (χ1) is 20.6. The molecule has 1 fully saturated rings. The summed E-state index contributed by atoms with van der Waals surface area (Å²) in [6.07, 6.45) is -4.41. The third kappa shape index (κ3) is 7.51. The van der Waals surface area contributed by atoms with Crippen LogP contribution < -0.4 is 20.9 Å². The van der Waals surface area contributed by atoms with Gasteiger partial charge in [0.15, 0.2) is 11.9 Å². The number of aliphatic hydroxyl groups is 1. The van der Waals surface area contributed by atoms with Gasteiger partial charge in [-0.1, -0.05) is 18.2 Å². The van der Waals surface area contributed by atoms with E-state index >= 15 is 4.39 Å². The highest BCUT2D eigenvalue weighted by atomic mass is 31.2. The van der Waals surface area contributed by atoms with Crippen molar-refractivity contribution in [3.8, 4) is 16.9 Å². The molecule has 15 heteroatoms. The minimum Gasteiger partial charge on any atom is -0.462 e. The molecule has 0 radical (unpaired) electrons. The van der Waals surface area contributed by atoms with Crippen LogP contribution in [0.2, 0.25) is 0 Å². The van der Waals surface area contributed by atoms with Crippen LogP contribution in [0.5, 0.6) is 5.75 Å². The largest absolute Gasteiger partial charge is 0.462 e. The van der Waals surface area contributed by atoms with Gasteiger partial charge in [-0.3, -0.25) is 23.7 Å². The van der Waals surface area contributed by atoms with Crippen molar-refractivity contribution in [1.29, 1.82) is 0 Å². The summed E-state index contributed by atoms with van der Waals surface area (Å²) in [6.45, 7) is 6.60. The second-order valence-corrected chi connectivity index (χ2v) is 12.5. The van der Waals surface area contributed by atoms with E-state index in [-0.39, 0.29) is 11.6 Å². The first-order valence-electron chi connectivity index (χ1n) is 13.7. The zero-order chi connectivity index (χ0) is 32.4. The fourth-order valence-corrected chi connectivity index (χ4v) is 6.02. The van der Waals surface area contributed by atoms with Crippen molar-refractivity contribution in [3.63, 3.8) is 0 Å². The summed E-state index contributed by atoms with van der Waals surface area (Å²) in [5.41, 5.74) is -2.30. The van der Waals surface area contributed by atoms with Gasteiger partial charge in [0, 0.05) is 12.3 Å². The predicted octanol–water partition coefficient (Wildman–Crippen LogP) is 3.77. The van der Waals surface area contributed by atoms with Crippen LogP contribution in [-0.2, 0) is 23.4 Å². The minimum absolute atomic E-state index is 0.0636. The van der Waals surface area contributed by atoms with Crippen molar-refractivity contribution < 1.29 is 41.8 Å². The van der Waals surface area contributed by atoms with E-state index in [0.717, 1.165) is 29.3 Å². The van der Waals surface area contributed by atoms with Gasteiger partial charge in [-0.25, -0.2) is 18.1 Å². The normalized spacial score (nSPS) is 23.7. The Morgan fingerprint density at radius 1 is 1.16 bits per heavy atom. The molecule has 2 aromatic carbocycles. The van der Waals surface area contributed by atoms with Crippen molar-refractivity contribution in [2.24, 2.45) is 0 Å². The molecule has 0 saturated carbocycles. The molecule has 3 aromatic rings. The maximum absolute atomic E-state index is 15.6. The van der Waals surface area contributed by atoms with Gasteiger partial charge in [-0.15, -0.1) is 0 Å².